The Kier molecular flexibility index (Phi) is 7.64. The van der Waals surface area contributed by atoms with Crippen LogP contribution in [0.25, 0.3) is 0 Å². The zero-order chi connectivity index (χ0) is 16.5. The number of rotatable bonds is 9. The second-order valence-electron chi connectivity index (χ2n) is 6.89. The third-order valence-corrected chi connectivity index (χ3v) is 4.93. The molecule has 1 aliphatic heterocycles. The largest absolute Gasteiger partial charge is 0.457 e. The molecule has 0 amide bonds. The van der Waals surface area contributed by atoms with E-state index in [2.05, 4.69) is 38.1 Å². The molecule has 0 aromatic heterocycles. The van der Waals surface area contributed by atoms with Crippen LogP contribution >= 0.6 is 0 Å². The fraction of sp³-hybridized carbons (Fsp3) is 0.667. The van der Waals surface area contributed by atoms with Crippen molar-refractivity contribution in [3.63, 3.8) is 0 Å². The van der Waals surface area contributed by atoms with Crippen LogP contribution in [0.5, 0.6) is 0 Å². The molecule has 2 unspecified atom stereocenters. The van der Waals surface area contributed by atoms with Crippen molar-refractivity contribution in [3.05, 3.63) is 35.4 Å². The maximum atomic E-state index is 12.0. The summed E-state index contributed by atoms with van der Waals surface area (Å²) in [6, 6.07) is 8.72. The van der Waals surface area contributed by atoms with Gasteiger partial charge in [0.2, 0.25) is 0 Å². The molecular formula is C21H32O2. The predicted molar refractivity (Wildman–Crippen MR) is 95.4 cm³/mol. The van der Waals surface area contributed by atoms with Gasteiger partial charge in [-0.05, 0) is 43.2 Å². The molecule has 2 nitrogen and oxygen atoms in total. The summed E-state index contributed by atoms with van der Waals surface area (Å²) in [5.74, 6) is 0.127. The van der Waals surface area contributed by atoms with E-state index < -0.39 is 0 Å². The summed E-state index contributed by atoms with van der Waals surface area (Å²) in [5, 5.41) is 0. The molecule has 23 heavy (non-hydrogen) atoms. The monoisotopic (exact) mass is 316 g/mol. The first-order valence-corrected chi connectivity index (χ1v) is 9.54. The highest BCUT2D eigenvalue weighted by molar-refractivity contribution is 5.73. The number of ether oxygens (including phenoxy) is 1. The first-order chi connectivity index (χ1) is 11.2. The Morgan fingerprint density at radius 2 is 1.70 bits per heavy atom. The lowest BCUT2D eigenvalue weighted by molar-refractivity contribution is -0.161. The Balaban J connectivity index is 1.79. The van der Waals surface area contributed by atoms with Gasteiger partial charge in [0.05, 0.1) is 5.92 Å². The molecule has 2 rings (SSSR count). The molecule has 1 aromatic rings. The molecule has 1 heterocycles. The molecule has 0 N–H and O–H groups in total. The number of carbonyl (C=O) groups is 1. The Hall–Kier alpha value is -1.31. The van der Waals surface area contributed by atoms with Gasteiger partial charge >= 0.3 is 5.97 Å². The van der Waals surface area contributed by atoms with Crippen LogP contribution in [0.2, 0.25) is 0 Å². The van der Waals surface area contributed by atoms with Crippen LogP contribution < -0.4 is 0 Å². The molecule has 2 atom stereocenters. The predicted octanol–water partition coefficient (Wildman–Crippen LogP) is 5.99. The van der Waals surface area contributed by atoms with E-state index in [1.54, 1.807) is 0 Å². The third kappa shape index (κ3) is 5.67. The zero-order valence-corrected chi connectivity index (χ0v) is 14.9. The minimum absolute atomic E-state index is 0.00287. The Morgan fingerprint density at radius 3 is 2.35 bits per heavy atom. The van der Waals surface area contributed by atoms with Gasteiger partial charge in [-0.2, -0.15) is 0 Å². The molecule has 1 saturated heterocycles. The first kappa shape index (κ1) is 18.0. The second-order valence-corrected chi connectivity index (χ2v) is 6.89. The summed E-state index contributed by atoms with van der Waals surface area (Å²) in [6.45, 7) is 4.38. The smallest absolute Gasteiger partial charge is 0.309 e. The summed E-state index contributed by atoms with van der Waals surface area (Å²) < 4.78 is 5.66. The van der Waals surface area contributed by atoms with Crippen molar-refractivity contribution in [1.29, 1.82) is 0 Å². The number of hydrogen-bond acceptors (Lipinski definition) is 2. The second kappa shape index (κ2) is 9.75. The molecule has 1 aliphatic rings. The van der Waals surface area contributed by atoms with Gasteiger partial charge in [-0.15, -0.1) is 0 Å². The Bertz CT molecular complexity index is 463. The van der Waals surface area contributed by atoms with Crippen LogP contribution in [-0.2, 0) is 16.0 Å². The van der Waals surface area contributed by atoms with E-state index in [9.17, 15) is 4.79 Å². The van der Waals surface area contributed by atoms with Gasteiger partial charge in [0.25, 0.3) is 0 Å². The van der Waals surface area contributed by atoms with Crippen molar-refractivity contribution in [2.45, 2.75) is 84.2 Å². The van der Waals surface area contributed by atoms with Crippen LogP contribution in [0.3, 0.4) is 0 Å². The van der Waals surface area contributed by atoms with Gasteiger partial charge in [-0.3, -0.25) is 4.79 Å². The van der Waals surface area contributed by atoms with Crippen molar-refractivity contribution in [3.8, 4) is 0 Å². The molecule has 128 valence electrons. The average Bonchev–Trinajstić information content (AvgIpc) is 2.57. The van der Waals surface area contributed by atoms with Gasteiger partial charge in [0, 0.05) is 0 Å². The van der Waals surface area contributed by atoms with Gasteiger partial charge in [-0.25, -0.2) is 0 Å². The standard InChI is InChI=1S/C21H32O2/c1-3-5-6-7-8-10-17-11-13-18(14-12-17)20-16-15-19(9-4-2)21(22)23-20/h11-14,19-20H,3-10,15-16H2,1-2H3. The SMILES string of the molecule is CCCCCCCc1ccc(C2CCC(CCC)C(=O)O2)cc1. The van der Waals surface area contributed by atoms with Crippen LogP contribution in [-0.4, -0.2) is 5.97 Å². The van der Waals surface area contributed by atoms with E-state index in [0.29, 0.717) is 0 Å². The van der Waals surface area contributed by atoms with Gasteiger partial charge in [-0.1, -0.05) is 70.2 Å². The number of aryl methyl sites for hydroxylation is 1. The molecule has 0 saturated carbocycles. The van der Waals surface area contributed by atoms with Crippen LogP contribution in [0.4, 0.5) is 0 Å². The maximum absolute atomic E-state index is 12.0. The van der Waals surface area contributed by atoms with E-state index in [1.165, 1.54) is 37.7 Å². The minimum Gasteiger partial charge on any atom is -0.457 e. The highest BCUT2D eigenvalue weighted by Gasteiger charge is 2.30. The number of hydrogen-bond donors (Lipinski definition) is 0. The molecule has 0 spiro atoms. The van der Waals surface area contributed by atoms with Crippen molar-refractivity contribution >= 4 is 5.97 Å². The molecule has 2 heteroatoms. The van der Waals surface area contributed by atoms with E-state index in [4.69, 9.17) is 4.74 Å². The van der Waals surface area contributed by atoms with Crippen LogP contribution in [0, 0.1) is 5.92 Å². The van der Waals surface area contributed by atoms with E-state index in [-0.39, 0.29) is 18.0 Å². The minimum atomic E-state index is -0.0331. The molecule has 0 bridgehead atoms. The van der Waals surface area contributed by atoms with Crippen LogP contribution in [0.1, 0.15) is 88.9 Å². The number of carbonyl (C=O) groups excluding carboxylic acids is 1. The summed E-state index contributed by atoms with van der Waals surface area (Å²) in [4.78, 5) is 12.0. The fourth-order valence-electron chi connectivity index (χ4n) is 3.44. The molecule has 1 aromatic carbocycles. The number of cyclic esters (lactones) is 1. The van der Waals surface area contributed by atoms with Crippen molar-refractivity contribution in [2.75, 3.05) is 0 Å². The molecule has 1 fully saturated rings. The summed E-state index contributed by atoms with van der Waals surface area (Å²) >= 11 is 0. The normalized spacial score (nSPS) is 21.2. The van der Waals surface area contributed by atoms with Crippen molar-refractivity contribution < 1.29 is 9.53 Å². The maximum Gasteiger partial charge on any atom is 0.309 e. The first-order valence-electron chi connectivity index (χ1n) is 9.54. The van der Waals surface area contributed by atoms with E-state index in [1.807, 2.05) is 0 Å². The van der Waals surface area contributed by atoms with Gasteiger partial charge in [0.15, 0.2) is 0 Å². The number of unbranched alkanes of at least 4 members (excludes halogenated alkanes) is 4. The molecule has 0 aliphatic carbocycles. The molecule has 0 radical (unpaired) electrons. The highest BCUT2D eigenvalue weighted by atomic mass is 16.5. The third-order valence-electron chi connectivity index (χ3n) is 4.93. The number of benzene rings is 1. The lowest BCUT2D eigenvalue weighted by atomic mass is 9.91. The Labute approximate surface area is 141 Å². The summed E-state index contributed by atoms with van der Waals surface area (Å²) in [5.41, 5.74) is 2.55. The summed E-state index contributed by atoms with van der Waals surface area (Å²) in [7, 11) is 0. The van der Waals surface area contributed by atoms with Crippen molar-refractivity contribution in [1.82, 2.24) is 0 Å². The van der Waals surface area contributed by atoms with Gasteiger partial charge in [0.1, 0.15) is 6.10 Å². The van der Waals surface area contributed by atoms with E-state index >= 15 is 0 Å². The van der Waals surface area contributed by atoms with Crippen molar-refractivity contribution in [2.24, 2.45) is 5.92 Å². The number of esters is 1. The van der Waals surface area contributed by atoms with E-state index in [0.717, 1.165) is 37.7 Å². The highest BCUT2D eigenvalue weighted by Crippen LogP contribution is 2.33. The summed E-state index contributed by atoms with van der Waals surface area (Å²) in [6.07, 6.45) is 11.7. The molecular weight excluding hydrogens is 284 g/mol. The lowest BCUT2D eigenvalue weighted by Gasteiger charge is -2.28. The Morgan fingerprint density at radius 1 is 0.957 bits per heavy atom. The van der Waals surface area contributed by atoms with Crippen LogP contribution in [0.15, 0.2) is 24.3 Å². The average molecular weight is 316 g/mol. The van der Waals surface area contributed by atoms with Gasteiger partial charge < -0.3 is 4.74 Å². The topological polar surface area (TPSA) is 26.3 Å². The zero-order valence-electron chi connectivity index (χ0n) is 14.9. The fourth-order valence-corrected chi connectivity index (χ4v) is 3.44. The lowest BCUT2D eigenvalue weighted by Crippen LogP contribution is -2.26. The quantitative estimate of drug-likeness (QED) is 0.413.